The van der Waals surface area contributed by atoms with E-state index >= 15 is 0 Å². The molecule has 6 nitrogen and oxygen atoms in total. The first-order valence-corrected chi connectivity index (χ1v) is 11.6. The minimum absolute atomic E-state index is 0.0964. The third-order valence-corrected chi connectivity index (χ3v) is 6.54. The molecule has 0 bridgehead atoms. The van der Waals surface area contributed by atoms with Crippen molar-refractivity contribution in [2.24, 2.45) is 0 Å². The van der Waals surface area contributed by atoms with Crippen molar-refractivity contribution in [3.63, 3.8) is 0 Å². The zero-order valence-corrected chi connectivity index (χ0v) is 18.6. The summed E-state index contributed by atoms with van der Waals surface area (Å²) >= 11 is 1.71. The lowest BCUT2D eigenvalue weighted by Crippen LogP contribution is -2.14. The Morgan fingerprint density at radius 2 is 1.55 bits per heavy atom. The summed E-state index contributed by atoms with van der Waals surface area (Å²) in [6.45, 7) is 0. The molecule has 33 heavy (non-hydrogen) atoms. The molecule has 2 heterocycles. The Morgan fingerprint density at radius 3 is 2.33 bits per heavy atom. The zero-order chi connectivity index (χ0) is 22.6. The van der Waals surface area contributed by atoms with E-state index in [4.69, 9.17) is 0 Å². The molecule has 2 amide bonds. The number of nitrogens with zero attached hydrogens (tertiary/aromatic N) is 1. The first-order chi connectivity index (χ1) is 16.2. The van der Waals surface area contributed by atoms with Gasteiger partial charge in [0.05, 0.1) is 11.7 Å². The Bertz CT molecular complexity index is 1410. The van der Waals surface area contributed by atoms with E-state index in [1.165, 1.54) is 10.1 Å². The van der Waals surface area contributed by atoms with Gasteiger partial charge in [0.25, 0.3) is 0 Å². The smallest absolute Gasteiger partial charge is 0.224 e. The molecule has 7 heteroatoms. The molecule has 0 aliphatic rings. The molecule has 3 N–H and O–H groups in total. The van der Waals surface area contributed by atoms with Crippen LogP contribution in [0.1, 0.15) is 19.3 Å². The monoisotopic (exact) mass is 454 g/mol. The number of anilines is 2. The van der Waals surface area contributed by atoms with E-state index in [0.29, 0.717) is 6.42 Å². The number of fused-ring (bicyclic) bond motifs is 2. The number of hydrogen-bond acceptors (Lipinski definition) is 4. The number of thiophene rings is 1. The summed E-state index contributed by atoms with van der Waals surface area (Å²) in [6, 6.07) is 23.6. The predicted molar refractivity (Wildman–Crippen MR) is 134 cm³/mol. The molecule has 0 radical (unpaired) electrons. The lowest BCUT2D eigenvalue weighted by Gasteiger charge is -2.09. The quantitative estimate of drug-likeness (QED) is 0.274. The fraction of sp³-hybridized carbons (Fsp3) is 0.115. The number of carbonyl (C=O) groups excluding carboxylic acids is 2. The number of para-hydroxylation sites is 1. The standard InChI is InChI=1S/C26H22N4O2S/c31-24(28-19-8-2-1-3-9-19)11-6-12-25(32)29-20-13-18-16-27-30-26(18)21(15-20)23-14-17-7-4-5-10-22(17)33-23/h1-5,7-10,13-16H,6,11-12H2,(H,27,30)(H,28,31)(H,29,32). The average molecular weight is 455 g/mol. The number of amides is 2. The second-order valence-electron chi connectivity index (χ2n) is 7.82. The van der Waals surface area contributed by atoms with Crippen LogP contribution in [0.25, 0.3) is 31.4 Å². The molecule has 0 saturated heterocycles. The van der Waals surface area contributed by atoms with Gasteiger partial charge in [-0.1, -0.05) is 36.4 Å². The Balaban J connectivity index is 1.26. The number of aromatic nitrogens is 2. The van der Waals surface area contributed by atoms with Crippen LogP contribution in [-0.4, -0.2) is 22.0 Å². The molecule has 0 aliphatic heterocycles. The Hall–Kier alpha value is -3.97. The number of benzene rings is 3. The molecule has 0 atom stereocenters. The minimum Gasteiger partial charge on any atom is -0.326 e. The third-order valence-electron chi connectivity index (χ3n) is 5.39. The summed E-state index contributed by atoms with van der Waals surface area (Å²) < 4.78 is 1.21. The van der Waals surface area contributed by atoms with Crippen molar-refractivity contribution in [1.82, 2.24) is 10.2 Å². The molecule has 0 spiro atoms. The first kappa shape index (κ1) is 20.9. The van der Waals surface area contributed by atoms with E-state index in [9.17, 15) is 9.59 Å². The average Bonchev–Trinajstić information content (AvgIpc) is 3.46. The molecule has 2 aromatic heterocycles. The molecule has 3 aromatic carbocycles. The maximum atomic E-state index is 12.6. The van der Waals surface area contributed by atoms with Gasteiger partial charge in [0.1, 0.15) is 0 Å². The van der Waals surface area contributed by atoms with Crippen LogP contribution < -0.4 is 10.6 Å². The molecule has 5 aromatic rings. The van der Waals surface area contributed by atoms with Crippen LogP contribution in [0.4, 0.5) is 11.4 Å². The Kier molecular flexibility index (Phi) is 5.87. The molecule has 0 saturated carbocycles. The van der Waals surface area contributed by atoms with Crippen molar-refractivity contribution in [2.75, 3.05) is 10.6 Å². The Labute approximate surface area is 194 Å². The topological polar surface area (TPSA) is 86.9 Å². The van der Waals surface area contributed by atoms with Crippen LogP contribution >= 0.6 is 11.3 Å². The second kappa shape index (κ2) is 9.26. The van der Waals surface area contributed by atoms with E-state index in [-0.39, 0.29) is 24.7 Å². The van der Waals surface area contributed by atoms with E-state index in [2.05, 4.69) is 39.0 Å². The van der Waals surface area contributed by atoms with E-state index in [1.54, 1.807) is 17.5 Å². The number of rotatable bonds is 7. The van der Waals surface area contributed by atoms with Crippen LogP contribution in [0, 0.1) is 0 Å². The van der Waals surface area contributed by atoms with E-state index in [1.807, 2.05) is 54.6 Å². The van der Waals surface area contributed by atoms with Crippen LogP contribution in [-0.2, 0) is 9.59 Å². The van der Waals surface area contributed by atoms with Gasteiger partial charge in [-0.25, -0.2) is 0 Å². The van der Waals surface area contributed by atoms with Crippen molar-refractivity contribution < 1.29 is 9.59 Å². The minimum atomic E-state index is -0.118. The molecule has 164 valence electrons. The third kappa shape index (κ3) is 4.78. The highest BCUT2D eigenvalue weighted by Gasteiger charge is 2.13. The lowest BCUT2D eigenvalue weighted by atomic mass is 10.1. The van der Waals surface area contributed by atoms with Gasteiger partial charge in [0.15, 0.2) is 0 Å². The van der Waals surface area contributed by atoms with Crippen LogP contribution in [0.15, 0.2) is 79.0 Å². The number of H-pyrrole nitrogens is 1. The summed E-state index contributed by atoms with van der Waals surface area (Å²) in [5.41, 5.74) is 3.42. The summed E-state index contributed by atoms with van der Waals surface area (Å²) in [4.78, 5) is 25.8. The van der Waals surface area contributed by atoms with Gasteiger partial charge in [-0.2, -0.15) is 5.10 Å². The number of nitrogens with one attached hydrogen (secondary N) is 3. The molecule has 0 aliphatic carbocycles. The largest absolute Gasteiger partial charge is 0.326 e. The maximum absolute atomic E-state index is 12.6. The highest BCUT2D eigenvalue weighted by Crippen LogP contribution is 2.38. The summed E-state index contributed by atoms with van der Waals surface area (Å²) in [6.07, 6.45) is 2.79. The van der Waals surface area contributed by atoms with Crippen LogP contribution in [0.3, 0.4) is 0 Å². The molecule has 0 unspecified atom stereocenters. The molecule has 5 rings (SSSR count). The highest BCUT2D eigenvalue weighted by molar-refractivity contribution is 7.22. The van der Waals surface area contributed by atoms with E-state index in [0.717, 1.165) is 32.7 Å². The highest BCUT2D eigenvalue weighted by atomic mass is 32.1. The van der Waals surface area contributed by atoms with Crippen molar-refractivity contribution >= 4 is 55.5 Å². The molecular formula is C26H22N4O2S. The molecular weight excluding hydrogens is 432 g/mol. The van der Waals surface area contributed by atoms with Crippen molar-refractivity contribution in [2.45, 2.75) is 19.3 Å². The summed E-state index contributed by atoms with van der Waals surface area (Å²) in [5.74, 6) is -0.214. The van der Waals surface area contributed by atoms with Crippen LogP contribution in [0.5, 0.6) is 0 Å². The lowest BCUT2D eigenvalue weighted by molar-refractivity contribution is -0.117. The Morgan fingerprint density at radius 1 is 0.818 bits per heavy atom. The summed E-state index contributed by atoms with van der Waals surface area (Å²) in [7, 11) is 0. The van der Waals surface area contributed by atoms with Gasteiger partial charge in [-0.15, -0.1) is 11.3 Å². The van der Waals surface area contributed by atoms with E-state index < -0.39 is 0 Å². The second-order valence-corrected chi connectivity index (χ2v) is 8.91. The fourth-order valence-electron chi connectivity index (χ4n) is 3.82. The van der Waals surface area contributed by atoms with Gasteiger partial charge >= 0.3 is 0 Å². The number of aromatic amines is 1. The first-order valence-electron chi connectivity index (χ1n) is 10.8. The predicted octanol–water partition coefficient (Wildman–Crippen LogP) is 6.19. The van der Waals surface area contributed by atoms with Gasteiger partial charge in [-0.3, -0.25) is 14.7 Å². The van der Waals surface area contributed by atoms with Gasteiger partial charge in [0.2, 0.25) is 11.8 Å². The zero-order valence-electron chi connectivity index (χ0n) is 17.8. The van der Waals surface area contributed by atoms with Gasteiger partial charge < -0.3 is 10.6 Å². The number of hydrogen-bond donors (Lipinski definition) is 3. The fourth-order valence-corrected chi connectivity index (χ4v) is 4.90. The molecule has 0 fully saturated rings. The SMILES string of the molecule is O=C(CCCC(=O)Nc1cc(-c2cc3ccccc3s2)c2[nH]ncc2c1)Nc1ccccc1. The normalized spacial score (nSPS) is 11.0. The summed E-state index contributed by atoms with van der Waals surface area (Å²) in [5, 5.41) is 15.2. The number of carbonyl (C=O) groups is 2. The van der Waals surface area contributed by atoms with Crippen molar-refractivity contribution in [3.8, 4) is 10.4 Å². The van der Waals surface area contributed by atoms with Gasteiger partial charge in [0, 0.05) is 44.7 Å². The van der Waals surface area contributed by atoms with Crippen LogP contribution in [0.2, 0.25) is 0 Å². The van der Waals surface area contributed by atoms with Crippen molar-refractivity contribution in [1.29, 1.82) is 0 Å². The maximum Gasteiger partial charge on any atom is 0.224 e. The van der Waals surface area contributed by atoms with Crippen molar-refractivity contribution in [3.05, 3.63) is 79.0 Å². The van der Waals surface area contributed by atoms with Gasteiger partial charge in [-0.05, 0) is 48.2 Å².